The zero-order valence-corrected chi connectivity index (χ0v) is 11.7. The Hall–Kier alpha value is -2.04. The van der Waals surface area contributed by atoms with E-state index in [1.54, 1.807) is 12.3 Å². The fourth-order valence-electron chi connectivity index (χ4n) is 1.99. The van der Waals surface area contributed by atoms with Crippen molar-refractivity contribution in [3.8, 4) is 0 Å². The molecule has 2 aromatic rings. The quantitative estimate of drug-likeness (QED) is 0.934. The Bertz CT molecular complexity index is 650. The van der Waals surface area contributed by atoms with Gasteiger partial charge in [-0.25, -0.2) is 14.2 Å². The maximum Gasteiger partial charge on any atom is 0.343 e. The van der Waals surface area contributed by atoms with Crippen molar-refractivity contribution < 1.29 is 14.3 Å². The Labute approximate surface area is 116 Å². The maximum absolute atomic E-state index is 13.4. The number of nitrogens with zero attached hydrogens (tertiary/aromatic N) is 2. The highest BCUT2D eigenvalue weighted by molar-refractivity contribution is 5.79. The van der Waals surface area contributed by atoms with Crippen molar-refractivity contribution in [3.05, 3.63) is 35.7 Å². The average molecular weight is 276 g/mol. The lowest BCUT2D eigenvalue weighted by Gasteiger charge is -2.17. The number of benzene rings is 1. The molecule has 0 saturated carbocycles. The normalized spacial score (nSPS) is 13.4. The molecule has 0 fully saturated rings. The van der Waals surface area contributed by atoms with Crippen LogP contribution in [0, 0.1) is 5.41 Å². The highest BCUT2D eigenvalue weighted by Crippen LogP contribution is 2.23. The Morgan fingerprint density at radius 2 is 2.05 bits per heavy atom. The molecule has 4 nitrogen and oxygen atoms in total. The molecule has 1 heterocycles. The number of hydrogen-bond donors (Lipinski definition) is 1. The van der Waals surface area contributed by atoms with Crippen LogP contribution in [-0.2, 0) is 11.2 Å². The van der Waals surface area contributed by atoms with Crippen LogP contribution in [-0.4, -0.2) is 21.0 Å². The number of alkyl halides is 1. The monoisotopic (exact) mass is 276 g/mol. The molecule has 0 bridgehead atoms. The molecule has 106 valence electrons. The van der Waals surface area contributed by atoms with Crippen LogP contribution in [0.1, 0.15) is 38.2 Å². The summed E-state index contributed by atoms with van der Waals surface area (Å²) in [6.45, 7) is 6.34. The van der Waals surface area contributed by atoms with Crippen LogP contribution < -0.4 is 0 Å². The largest absolute Gasteiger partial charge is 0.479 e. The van der Waals surface area contributed by atoms with Gasteiger partial charge in [0.25, 0.3) is 0 Å². The average Bonchev–Trinajstić information content (AvgIpc) is 2.35. The molecule has 0 saturated heterocycles. The van der Waals surface area contributed by atoms with Crippen molar-refractivity contribution in [2.45, 2.75) is 33.4 Å². The second-order valence-electron chi connectivity index (χ2n) is 6.05. The van der Waals surface area contributed by atoms with Crippen molar-refractivity contribution in [2.24, 2.45) is 5.41 Å². The zero-order valence-electron chi connectivity index (χ0n) is 11.7. The number of fused-ring (bicyclic) bond motifs is 1. The molecule has 0 aliphatic heterocycles. The van der Waals surface area contributed by atoms with Crippen molar-refractivity contribution >= 4 is 17.0 Å². The van der Waals surface area contributed by atoms with Gasteiger partial charge < -0.3 is 5.11 Å². The molecule has 1 aromatic heterocycles. The standard InChI is InChI=1S/C15H17FN2O2/c1-15(2,3)7-10-8-17-12-6-9(13(16)14(19)20)4-5-11(12)18-10/h4-6,8,13H,7H2,1-3H3,(H,19,20). The van der Waals surface area contributed by atoms with Gasteiger partial charge in [-0.05, 0) is 29.5 Å². The second kappa shape index (κ2) is 5.15. The van der Waals surface area contributed by atoms with Crippen LogP contribution in [0.2, 0.25) is 0 Å². The fraction of sp³-hybridized carbons (Fsp3) is 0.400. The molecule has 0 aliphatic rings. The third-order valence-corrected chi connectivity index (χ3v) is 2.84. The van der Waals surface area contributed by atoms with Gasteiger partial charge in [0.1, 0.15) is 0 Å². The van der Waals surface area contributed by atoms with Gasteiger partial charge in [-0.15, -0.1) is 0 Å². The van der Waals surface area contributed by atoms with Gasteiger partial charge in [0.05, 0.1) is 16.7 Å². The van der Waals surface area contributed by atoms with Gasteiger partial charge >= 0.3 is 5.97 Å². The van der Waals surface area contributed by atoms with E-state index in [1.807, 2.05) is 0 Å². The molecule has 0 spiro atoms. The van der Waals surface area contributed by atoms with E-state index in [0.29, 0.717) is 11.0 Å². The molecule has 5 heteroatoms. The van der Waals surface area contributed by atoms with E-state index in [4.69, 9.17) is 5.11 Å². The maximum atomic E-state index is 13.4. The highest BCUT2D eigenvalue weighted by atomic mass is 19.1. The molecule has 0 amide bonds. The summed E-state index contributed by atoms with van der Waals surface area (Å²) in [5.41, 5.74) is 2.21. The number of rotatable bonds is 3. The van der Waals surface area contributed by atoms with Crippen LogP contribution in [0.3, 0.4) is 0 Å². The van der Waals surface area contributed by atoms with Gasteiger partial charge in [0, 0.05) is 6.20 Å². The smallest absolute Gasteiger partial charge is 0.343 e. The molecule has 1 atom stereocenters. The summed E-state index contributed by atoms with van der Waals surface area (Å²) < 4.78 is 13.4. The SMILES string of the molecule is CC(C)(C)Cc1cnc2cc(C(F)C(=O)O)ccc2n1. The third kappa shape index (κ3) is 3.29. The molecular weight excluding hydrogens is 259 g/mol. The predicted octanol–water partition coefficient (Wildman–Crippen LogP) is 3.31. The number of hydrogen-bond acceptors (Lipinski definition) is 3. The molecular formula is C15H17FN2O2. The predicted molar refractivity (Wildman–Crippen MR) is 74.2 cm³/mol. The number of carboxylic acid groups (broad SMARTS) is 1. The van der Waals surface area contributed by atoms with E-state index in [0.717, 1.165) is 12.1 Å². The summed E-state index contributed by atoms with van der Waals surface area (Å²) >= 11 is 0. The van der Waals surface area contributed by atoms with Gasteiger partial charge in [0.2, 0.25) is 6.17 Å². The van der Waals surface area contributed by atoms with Crippen molar-refractivity contribution in [2.75, 3.05) is 0 Å². The highest BCUT2D eigenvalue weighted by Gasteiger charge is 2.19. The van der Waals surface area contributed by atoms with Gasteiger partial charge in [-0.2, -0.15) is 0 Å². The van der Waals surface area contributed by atoms with Crippen molar-refractivity contribution in [1.82, 2.24) is 9.97 Å². The number of halogens is 1. The molecule has 0 aliphatic carbocycles. The van der Waals surface area contributed by atoms with E-state index in [2.05, 4.69) is 30.7 Å². The second-order valence-corrected chi connectivity index (χ2v) is 6.05. The first-order valence-corrected chi connectivity index (χ1v) is 6.39. The third-order valence-electron chi connectivity index (χ3n) is 2.84. The van der Waals surface area contributed by atoms with Crippen molar-refractivity contribution in [1.29, 1.82) is 0 Å². The fourth-order valence-corrected chi connectivity index (χ4v) is 1.99. The van der Waals surface area contributed by atoms with Crippen LogP contribution in [0.4, 0.5) is 4.39 Å². The van der Waals surface area contributed by atoms with Crippen LogP contribution in [0.25, 0.3) is 11.0 Å². The van der Waals surface area contributed by atoms with Crippen LogP contribution in [0.15, 0.2) is 24.4 Å². The Balaban J connectivity index is 2.37. The molecule has 2 rings (SSSR count). The summed E-state index contributed by atoms with van der Waals surface area (Å²) in [5.74, 6) is -1.50. The number of aromatic nitrogens is 2. The summed E-state index contributed by atoms with van der Waals surface area (Å²) in [6.07, 6.45) is 0.416. The molecule has 1 unspecified atom stereocenters. The minimum Gasteiger partial charge on any atom is -0.479 e. The molecule has 20 heavy (non-hydrogen) atoms. The lowest BCUT2D eigenvalue weighted by molar-refractivity contribution is -0.143. The summed E-state index contributed by atoms with van der Waals surface area (Å²) in [4.78, 5) is 19.4. The van der Waals surface area contributed by atoms with E-state index < -0.39 is 12.1 Å². The summed E-state index contributed by atoms with van der Waals surface area (Å²) in [7, 11) is 0. The number of carboxylic acids is 1. The van der Waals surface area contributed by atoms with E-state index in [9.17, 15) is 9.18 Å². The van der Waals surface area contributed by atoms with Gasteiger partial charge in [-0.1, -0.05) is 26.8 Å². The lowest BCUT2D eigenvalue weighted by Crippen LogP contribution is -2.11. The number of aliphatic carboxylic acids is 1. The van der Waals surface area contributed by atoms with Gasteiger partial charge in [-0.3, -0.25) is 4.98 Å². The lowest BCUT2D eigenvalue weighted by atomic mass is 9.91. The zero-order chi connectivity index (χ0) is 14.9. The van der Waals surface area contributed by atoms with E-state index in [-0.39, 0.29) is 11.0 Å². The minimum absolute atomic E-state index is 0.0860. The Morgan fingerprint density at radius 3 is 2.65 bits per heavy atom. The van der Waals surface area contributed by atoms with E-state index >= 15 is 0 Å². The molecule has 1 aromatic carbocycles. The first-order chi connectivity index (χ1) is 9.26. The minimum atomic E-state index is -2.03. The summed E-state index contributed by atoms with van der Waals surface area (Å²) in [5, 5.41) is 8.67. The molecule has 0 radical (unpaired) electrons. The topological polar surface area (TPSA) is 63.1 Å². The summed E-state index contributed by atoms with van der Waals surface area (Å²) in [6, 6.07) is 4.48. The Morgan fingerprint density at radius 1 is 1.35 bits per heavy atom. The first-order valence-electron chi connectivity index (χ1n) is 6.39. The van der Waals surface area contributed by atoms with Gasteiger partial charge in [0.15, 0.2) is 0 Å². The van der Waals surface area contributed by atoms with Crippen molar-refractivity contribution in [3.63, 3.8) is 0 Å². The Kier molecular flexibility index (Phi) is 3.70. The van der Waals surface area contributed by atoms with E-state index in [1.165, 1.54) is 12.1 Å². The van der Waals surface area contributed by atoms with Crippen LogP contribution >= 0.6 is 0 Å². The molecule has 1 N–H and O–H groups in total. The number of carbonyl (C=O) groups is 1. The van der Waals surface area contributed by atoms with Crippen LogP contribution in [0.5, 0.6) is 0 Å². The first kappa shape index (κ1) is 14.4.